The number of ether oxygens (including phenoxy) is 1. The molecule has 19 heavy (non-hydrogen) atoms. The van der Waals surface area contributed by atoms with E-state index in [0.717, 1.165) is 12.4 Å². The molecule has 0 saturated heterocycles. The van der Waals surface area contributed by atoms with Gasteiger partial charge in [0.1, 0.15) is 0 Å². The molecule has 0 N–H and O–H groups in total. The van der Waals surface area contributed by atoms with E-state index in [1.54, 1.807) is 0 Å². The second-order valence-corrected chi connectivity index (χ2v) is 6.57. The van der Waals surface area contributed by atoms with Crippen LogP contribution in [0.25, 0.3) is 0 Å². The Labute approximate surface area is 122 Å². The van der Waals surface area contributed by atoms with Crippen LogP contribution in [0.2, 0.25) is 0 Å². The number of thiol groups is 1. The first-order chi connectivity index (χ1) is 9.33. The molecule has 1 atom stereocenters. The Morgan fingerprint density at radius 3 is 2.74 bits per heavy atom. The molecule has 1 nitrogen and oxygen atoms in total. The molecule has 0 spiro atoms. The van der Waals surface area contributed by atoms with E-state index in [4.69, 9.17) is 4.74 Å². The number of benzene rings is 1. The Balaban J connectivity index is 1.68. The van der Waals surface area contributed by atoms with Crippen LogP contribution in [0, 0.1) is 5.41 Å². The van der Waals surface area contributed by atoms with Crippen molar-refractivity contribution in [3.8, 4) is 0 Å². The molecule has 1 aromatic rings. The van der Waals surface area contributed by atoms with Crippen molar-refractivity contribution in [1.82, 2.24) is 0 Å². The molecule has 0 amide bonds. The number of rotatable bonds is 4. The molecule has 0 aromatic heterocycles. The minimum Gasteiger partial charge on any atom is -0.373 e. The lowest BCUT2D eigenvalue weighted by Crippen LogP contribution is -2.27. The van der Waals surface area contributed by atoms with Gasteiger partial charge in [-0.3, -0.25) is 0 Å². The Kier molecular flexibility index (Phi) is 4.18. The first kappa shape index (κ1) is 13.5. The third-order valence-electron chi connectivity index (χ3n) is 4.90. The third-order valence-corrected chi connectivity index (χ3v) is 5.58. The molecule has 2 heteroatoms. The average Bonchev–Trinajstić information content (AvgIpc) is 2.94. The molecule has 3 rings (SSSR count). The van der Waals surface area contributed by atoms with Crippen molar-refractivity contribution in [1.29, 1.82) is 0 Å². The monoisotopic (exact) mass is 276 g/mol. The zero-order valence-electron chi connectivity index (χ0n) is 11.6. The maximum Gasteiger partial charge on any atom is 0.0828 e. The van der Waals surface area contributed by atoms with E-state index in [2.05, 4.69) is 36.9 Å². The summed E-state index contributed by atoms with van der Waals surface area (Å²) in [5.41, 5.74) is 3.28. The molecular formula is C17H24OS. The standard InChI is InChI=1S/C17H24OS/c19-13-17(10-3-4-11-17)12-18-16-9-5-7-14-6-1-2-8-15(14)16/h1-2,6,8,16,19H,3-5,7,9-13H2. The van der Waals surface area contributed by atoms with Crippen molar-refractivity contribution in [2.45, 2.75) is 51.0 Å². The van der Waals surface area contributed by atoms with Crippen molar-refractivity contribution in [2.24, 2.45) is 5.41 Å². The van der Waals surface area contributed by atoms with Gasteiger partial charge in [-0.2, -0.15) is 12.6 Å². The van der Waals surface area contributed by atoms with Gasteiger partial charge >= 0.3 is 0 Å². The summed E-state index contributed by atoms with van der Waals surface area (Å²) in [7, 11) is 0. The predicted molar refractivity (Wildman–Crippen MR) is 82.8 cm³/mol. The van der Waals surface area contributed by atoms with E-state index in [9.17, 15) is 0 Å². The maximum atomic E-state index is 6.34. The maximum absolute atomic E-state index is 6.34. The fraction of sp³-hybridized carbons (Fsp3) is 0.647. The van der Waals surface area contributed by atoms with Crippen LogP contribution in [0.1, 0.15) is 55.8 Å². The van der Waals surface area contributed by atoms with Gasteiger partial charge in [0.2, 0.25) is 0 Å². The van der Waals surface area contributed by atoms with Gasteiger partial charge in [-0.25, -0.2) is 0 Å². The molecule has 104 valence electrons. The highest BCUT2D eigenvalue weighted by Gasteiger charge is 2.34. The van der Waals surface area contributed by atoms with Gasteiger partial charge in [-0.1, -0.05) is 37.1 Å². The molecule has 1 saturated carbocycles. The molecule has 1 unspecified atom stereocenters. The second-order valence-electron chi connectivity index (χ2n) is 6.26. The Morgan fingerprint density at radius 1 is 1.16 bits per heavy atom. The van der Waals surface area contributed by atoms with Gasteiger partial charge < -0.3 is 4.74 Å². The molecule has 0 heterocycles. The Hall–Kier alpha value is -0.470. The van der Waals surface area contributed by atoms with Crippen LogP contribution in [-0.2, 0) is 11.2 Å². The quantitative estimate of drug-likeness (QED) is 0.793. The zero-order chi connectivity index (χ0) is 13.1. The van der Waals surface area contributed by atoms with E-state index in [1.807, 2.05) is 0 Å². The number of fused-ring (bicyclic) bond motifs is 1. The lowest BCUT2D eigenvalue weighted by atomic mass is 9.87. The highest BCUT2D eigenvalue weighted by atomic mass is 32.1. The summed E-state index contributed by atoms with van der Waals surface area (Å²) in [5.74, 6) is 0.974. The Morgan fingerprint density at radius 2 is 1.95 bits per heavy atom. The Bertz CT molecular complexity index is 423. The van der Waals surface area contributed by atoms with Crippen LogP contribution in [0.4, 0.5) is 0 Å². The van der Waals surface area contributed by atoms with Crippen molar-refractivity contribution in [2.75, 3.05) is 12.4 Å². The molecule has 0 aliphatic heterocycles. The minimum absolute atomic E-state index is 0.322. The molecule has 0 bridgehead atoms. The van der Waals surface area contributed by atoms with Crippen LogP contribution in [0.5, 0.6) is 0 Å². The van der Waals surface area contributed by atoms with E-state index in [1.165, 1.54) is 56.1 Å². The third kappa shape index (κ3) is 2.85. The second kappa shape index (κ2) is 5.88. The van der Waals surface area contributed by atoms with Gasteiger partial charge in [0.25, 0.3) is 0 Å². The lowest BCUT2D eigenvalue weighted by molar-refractivity contribution is -0.00897. The lowest BCUT2D eigenvalue weighted by Gasteiger charge is -2.32. The van der Waals surface area contributed by atoms with Crippen molar-refractivity contribution < 1.29 is 4.74 Å². The highest BCUT2D eigenvalue weighted by Crippen LogP contribution is 2.41. The topological polar surface area (TPSA) is 9.23 Å². The van der Waals surface area contributed by atoms with E-state index in [0.29, 0.717) is 11.5 Å². The normalized spacial score (nSPS) is 25.2. The molecule has 1 fully saturated rings. The molecule has 2 aliphatic rings. The van der Waals surface area contributed by atoms with Crippen LogP contribution in [-0.4, -0.2) is 12.4 Å². The largest absolute Gasteiger partial charge is 0.373 e. The SMILES string of the molecule is SCC1(COC2CCCc3ccccc32)CCCC1. The van der Waals surface area contributed by atoms with Gasteiger partial charge in [0.05, 0.1) is 12.7 Å². The summed E-state index contributed by atoms with van der Waals surface area (Å²) < 4.78 is 6.34. The van der Waals surface area contributed by atoms with Gasteiger partial charge in [0, 0.05) is 5.41 Å². The summed E-state index contributed by atoms with van der Waals surface area (Å²) in [6, 6.07) is 8.80. The summed E-state index contributed by atoms with van der Waals surface area (Å²) >= 11 is 4.57. The van der Waals surface area contributed by atoms with Crippen LogP contribution in [0.15, 0.2) is 24.3 Å². The number of hydrogen-bond acceptors (Lipinski definition) is 2. The minimum atomic E-state index is 0.322. The predicted octanol–water partition coefficient (Wildman–Crippen LogP) is 4.57. The molecular weight excluding hydrogens is 252 g/mol. The van der Waals surface area contributed by atoms with Gasteiger partial charge in [0.15, 0.2) is 0 Å². The van der Waals surface area contributed by atoms with Crippen LogP contribution < -0.4 is 0 Å². The van der Waals surface area contributed by atoms with Crippen LogP contribution >= 0.6 is 12.6 Å². The summed E-state index contributed by atoms with van der Waals surface area (Å²) in [4.78, 5) is 0. The summed E-state index contributed by atoms with van der Waals surface area (Å²) in [6.07, 6.45) is 9.27. The number of aryl methyl sites for hydroxylation is 1. The average molecular weight is 276 g/mol. The number of hydrogen-bond donors (Lipinski definition) is 1. The molecule has 0 radical (unpaired) electrons. The highest BCUT2D eigenvalue weighted by molar-refractivity contribution is 7.80. The van der Waals surface area contributed by atoms with Crippen molar-refractivity contribution in [3.63, 3.8) is 0 Å². The molecule has 1 aromatic carbocycles. The fourth-order valence-corrected chi connectivity index (χ4v) is 4.04. The van der Waals surface area contributed by atoms with Crippen molar-refractivity contribution >= 4 is 12.6 Å². The smallest absolute Gasteiger partial charge is 0.0828 e. The summed E-state index contributed by atoms with van der Waals surface area (Å²) in [6.45, 7) is 0.898. The van der Waals surface area contributed by atoms with Crippen molar-refractivity contribution in [3.05, 3.63) is 35.4 Å². The van der Waals surface area contributed by atoms with E-state index in [-0.39, 0.29) is 0 Å². The molecule has 2 aliphatic carbocycles. The van der Waals surface area contributed by atoms with Crippen LogP contribution in [0.3, 0.4) is 0 Å². The first-order valence-electron chi connectivity index (χ1n) is 7.63. The van der Waals surface area contributed by atoms with E-state index >= 15 is 0 Å². The first-order valence-corrected chi connectivity index (χ1v) is 8.27. The fourth-order valence-electron chi connectivity index (χ4n) is 3.63. The van der Waals surface area contributed by atoms with Gasteiger partial charge in [-0.15, -0.1) is 0 Å². The summed E-state index contributed by atoms with van der Waals surface area (Å²) in [5, 5.41) is 0. The zero-order valence-corrected chi connectivity index (χ0v) is 12.5. The van der Waals surface area contributed by atoms with E-state index < -0.39 is 0 Å². The van der Waals surface area contributed by atoms with Gasteiger partial charge in [-0.05, 0) is 49.0 Å².